The molecule has 0 fully saturated rings. The number of carboxylic acid groups (broad SMARTS) is 1. The first-order valence-corrected chi connectivity index (χ1v) is 12.9. The molecule has 3 aromatic carbocycles. The van der Waals surface area contributed by atoms with Crippen molar-refractivity contribution in [2.45, 2.75) is 6.42 Å². The van der Waals surface area contributed by atoms with E-state index in [1.165, 1.54) is 19.2 Å². The summed E-state index contributed by atoms with van der Waals surface area (Å²) in [6.45, 7) is 1.78. The van der Waals surface area contributed by atoms with Crippen molar-refractivity contribution in [3.05, 3.63) is 82.9 Å². The number of nitrogens with zero attached hydrogens (tertiary/aromatic N) is 2. The number of likely N-dealkylation sites (N-methyl/N-ethyl adjacent to an activating group) is 1. The fourth-order valence-electron chi connectivity index (χ4n) is 3.72. The van der Waals surface area contributed by atoms with Crippen molar-refractivity contribution in [2.75, 3.05) is 58.1 Å². The van der Waals surface area contributed by atoms with Crippen molar-refractivity contribution in [3.63, 3.8) is 0 Å². The Hall–Kier alpha value is -4.28. The van der Waals surface area contributed by atoms with E-state index in [0.717, 1.165) is 5.56 Å². The number of carbonyl (C=O) groups excluding carboxylic acids is 2. The predicted octanol–water partition coefficient (Wildman–Crippen LogP) is 4.70. The van der Waals surface area contributed by atoms with Gasteiger partial charge >= 0.3 is 12.0 Å². The molecule has 3 amide bonds. The molecular formula is C29H33ClN4O6. The van der Waals surface area contributed by atoms with Gasteiger partial charge in [0, 0.05) is 13.1 Å². The average Bonchev–Trinajstić information content (AvgIpc) is 2.92. The Kier molecular flexibility index (Phi) is 11.2. The zero-order valence-electron chi connectivity index (χ0n) is 22.6. The van der Waals surface area contributed by atoms with E-state index in [1.54, 1.807) is 59.5 Å². The molecule has 0 unspecified atom stereocenters. The second kappa shape index (κ2) is 14.8. The highest BCUT2D eigenvalue weighted by molar-refractivity contribution is 6.33. The molecule has 0 heterocycles. The van der Waals surface area contributed by atoms with Crippen LogP contribution in [0, 0.1) is 0 Å². The number of hydrogen-bond acceptors (Lipinski definition) is 6. The van der Waals surface area contributed by atoms with Gasteiger partial charge in [0.25, 0.3) is 0 Å². The third-order valence-electron chi connectivity index (χ3n) is 5.89. The Balaban J connectivity index is 1.62. The Morgan fingerprint density at radius 2 is 1.60 bits per heavy atom. The van der Waals surface area contributed by atoms with Gasteiger partial charge in [0.2, 0.25) is 5.91 Å². The molecule has 0 aliphatic rings. The second-order valence-electron chi connectivity index (χ2n) is 9.13. The molecule has 3 rings (SSSR count). The van der Waals surface area contributed by atoms with Gasteiger partial charge in [-0.1, -0.05) is 29.8 Å². The first-order valence-electron chi connectivity index (χ1n) is 12.5. The summed E-state index contributed by atoms with van der Waals surface area (Å²) in [5, 5.41) is 14.9. The minimum atomic E-state index is -1.01. The highest BCUT2D eigenvalue weighted by Gasteiger charge is 2.17. The van der Waals surface area contributed by atoms with Gasteiger partial charge in [-0.05, 0) is 68.2 Å². The lowest BCUT2D eigenvalue weighted by Crippen LogP contribution is -2.40. The summed E-state index contributed by atoms with van der Waals surface area (Å²) in [5.74, 6) is -0.164. The van der Waals surface area contributed by atoms with Crippen LogP contribution in [0.25, 0.3) is 0 Å². The summed E-state index contributed by atoms with van der Waals surface area (Å²) in [7, 11) is 5.35. The zero-order valence-corrected chi connectivity index (χ0v) is 23.4. The zero-order chi connectivity index (χ0) is 29.1. The van der Waals surface area contributed by atoms with Crippen LogP contribution in [0.1, 0.15) is 15.9 Å². The van der Waals surface area contributed by atoms with Crippen molar-refractivity contribution in [1.82, 2.24) is 9.80 Å². The molecule has 0 spiro atoms. The molecule has 0 aliphatic carbocycles. The molecule has 40 heavy (non-hydrogen) atoms. The predicted molar refractivity (Wildman–Crippen MR) is 155 cm³/mol. The first-order chi connectivity index (χ1) is 19.2. The number of anilines is 2. The molecule has 0 saturated heterocycles. The number of hydrogen-bond donors (Lipinski definition) is 3. The Morgan fingerprint density at radius 3 is 2.25 bits per heavy atom. The number of amides is 3. The van der Waals surface area contributed by atoms with Crippen LogP contribution in [0.4, 0.5) is 16.2 Å². The lowest BCUT2D eigenvalue weighted by atomic mass is 10.1. The number of ether oxygens (including phenoxy) is 2. The van der Waals surface area contributed by atoms with E-state index in [0.29, 0.717) is 47.5 Å². The minimum Gasteiger partial charge on any atom is -0.495 e. The molecule has 11 heteroatoms. The van der Waals surface area contributed by atoms with E-state index in [2.05, 4.69) is 10.6 Å². The third-order valence-corrected chi connectivity index (χ3v) is 6.22. The fraction of sp³-hybridized carbons (Fsp3) is 0.276. The number of carbonyl (C=O) groups is 3. The topological polar surface area (TPSA) is 120 Å². The van der Waals surface area contributed by atoms with E-state index in [-0.39, 0.29) is 24.5 Å². The standard InChI is InChI=1S/C29H33ClN4O6/c1-33(2)14-15-34(16-17-40-22-11-9-21(10-12-22)28(36)37)27(35)19-20-8-13-25(26(18-20)39-3)32-29(38)31-24-7-5-4-6-23(24)30/h4-13,18H,14-17,19H2,1-3H3,(H,36,37)(H2,31,32,38). The molecule has 10 nitrogen and oxygen atoms in total. The summed E-state index contributed by atoms with van der Waals surface area (Å²) in [5.41, 5.74) is 1.81. The van der Waals surface area contributed by atoms with Crippen LogP contribution in [0.5, 0.6) is 11.5 Å². The largest absolute Gasteiger partial charge is 0.495 e. The van der Waals surface area contributed by atoms with Gasteiger partial charge in [-0.2, -0.15) is 0 Å². The maximum Gasteiger partial charge on any atom is 0.335 e. The van der Waals surface area contributed by atoms with Crippen LogP contribution in [0.3, 0.4) is 0 Å². The lowest BCUT2D eigenvalue weighted by Gasteiger charge is -2.25. The van der Waals surface area contributed by atoms with Crippen LogP contribution in [0.15, 0.2) is 66.7 Å². The first kappa shape index (κ1) is 30.3. The van der Waals surface area contributed by atoms with Crippen LogP contribution in [-0.2, 0) is 11.2 Å². The van der Waals surface area contributed by atoms with Crippen molar-refractivity contribution in [2.24, 2.45) is 0 Å². The van der Waals surface area contributed by atoms with Gasteiger partial charge in [-0.15, -0.1) is 0 Å². The van der Waals surface area contributed by atoms with E-state index in [4.69, 9.17) is 26.2 Å². The Bertz CT molecular complexity index is 1320. The number of rotatable bonds is 13. The van der Waals surface area contributed by atoms with Crippen molar-refractivity contribution in [1.29, 1.82) is 0 Å². The minimum absolute atomic E-state index is 0.0918. The molecule has 0 atom stereocenters. The van der Waals surface area contributed by atoms with Crippen LogP contribution in [0.2, 0.25) is 5.02 Å². The number of halogens is 1. The van der Waals surface area contributed by atoms with Crippen molar-refractivity contribution >= 4 is 40.9 Å². The number of carboxylic acids is 1. The molecule has 212 valence electrons. The van der Waals surface area contributed by atoms with E-state index in [9.17, 15) is 14.4 Å². The maximum absolute atomic E-state index is 13.2. The average molecular weight is 569 g/mol. The maximum atomic E-state index is 13.2. The van der Waals surface area contributed by atoms with E-state index in [1.807, 2.05) is 19.0 Å². The Morgan fingerprint density at radius 1 is 0.900 bits per heavy atom. The number of methoxy groups -OCH3 is 1. The number of para-hydroxylation sites is 1. The van der Waals surface area contributed by atoms with Gasteiger partial charge in [0.1, 0.15) is 18.1 Å². The third kappa shape index (κ3) is 9.18. The van der Waals surface area contributed by atoms with Gasteiger partial charge in [0.15, 0.2) is 0 Å². The fourth-order valence-corrected chi connectivity index (χ4v) is 3.91. The van der Waals surface area contributed by atoms with Gasteiger partial charge in [0.05, 0.1) is 42.0 Å². The summed E-state index contributed by atoms with van der Waals surface area (Å²) < 4.78 is 11.2. The molecule has 0 saturated carbocycles. The number of aromatic carboxylic acids is 1. The quantitative estimate of drug-likeness (QED) is 0.273. The van der Waals surface area contributed by atoms with Gasteiger partial charge in [-0.3, -0.25) is 4.79 Å². The second-order valence-corrected chi connectivity index (χ2v) is 9.54. The van der Waals surface area contributed by atoms with E-state index >= 15 is 0 Å². The smallest absolute Gasteiger partial charge is 0.335 e. The van der Waals surface area contributed by atoms with E-state index < -0.39 is 12.0 Å². The molecule has 0 aromatic heterocycles. The van der Waals surface area contributed by atoms with Crippen LogP contribution < -0.4 is 20.1 Å². The van der Waals surface area contributed by atoms with Crippen LogP contribution in [-0.4, -0.2) is 80.3 Å². The highest BCUT2D eigenvalue weighted by atomic mass is 35.5. The molecule has 3 N–H and O–H groups in total. The molecular weight excluding hydrogens is 536 g/mol. The van der Waals surface area contributed by atoms with Gasteiger partial charge < -0.3 is 35.0 Å². The molecule has 0 aliphatic heterocycles. The number of urea groups is 1. The molecule has 3 aromatic rings. The summed E-state index contributed by atoms with van der Waals surface area (Å²) in [6.07, 6.45) is 0.128. The van der Waals surface area contributed by atoms with Crippen molar-refractivity contribution < 1.29 is 29.0 Å². The monoisotopic (exact) mass is 568 g/mol. The normalized spacial score (nSPS) is 10.6. The summed E-state index contributed by atoms with van der Waals surface area (Å²) in [6, 6.07) is 17.7. The van der Waals surface area contributed by atoms with Crippen molar-refractivity contribution in [3.8, 4) is 11.5 Å². The SMILES string of the molecule is COc1cc(CC(=O)N(CCOc2ccc(C(=O)O)cc2)CCN(C)C)ccc1NC(=O)Nc1ccccc1Cl. The summed E-state index contributed by atoms with van der Waals surface area (Å²) in [4.78, 5) is 40.5. The summed E-state index contributed by atoms with van der Waals surface area (Å²) >= 11 is 6.11. The van der Waals surface area contributed by atoms with Crippen LogP contribution >= 0.6 is 11.6 Å². The lowest BCUT2D eigenvalue weighted by molar-refractivity contribution is -0.131. The number of benzene rings is 3. The van der Waals surface area contributed by atoms with Gasteiger partial charge in [-0.25, -0.2) is 9.59 Å². The molecule has 0 bridgehead atoms. The Labute approximate surface area is 238 Å². The highest BCUT2D eigenvalue weighted by Crippen LogP contribution is 2.27. The number of nitrogens with one attached hydrogen (secondary N) is 2. The molecule has 0 radical (unpaired) electrons.